The molecule has 0 radical (unpaired) electrons. The number of nitrogens with zero attached hydrogens (tertiary/aromatic N) is 3. The van der Waals surface area contributed by atoms with Gasteiger partial charge in [-0.1, -0.05) is 31.9 Å². The first-order valence-electron chi connectivity index (χ1n) is 10.3. The molecule has 2 N–H and O–H groups in total. The van der Waals surface area contributed by atoms with Crippen LogP contribution in [-0.4, -0.2) is 19.5 Å². The molecule has 0 spiro atoms. The second kappa shape index (κ2) is 8.12. The van der Waals surface area contributed by atoms with E-state index in [0.717, 1.165) is 50.1 Å². The molecule has 0 saturated heterocycles. The van der Waals surface area contributed by atoms with E-state index in [1.54, 1.807) is 4.57 Å². The Balaban J connectivity index is 1.62. The number of hydrogen-bond acceptors (Lipinski definition) is 4. The topological polar surface area (TPSA) is 75.6 Å². The molecule has 4 rings (SSSR count). The number of H-pyrrole nitrogens is 1. The van der Waals surface area contributed by atoms with Crippen molar-refractivity contribution in [3.8, 4) is 0 Å². The molecule has 0 aliphatic heterocycles. The smallest absolute Gasteiger partial charge is 0.351 e. The zero-order valence-corrected chi connectivity index (χ0v) is 16.7. The van der Waals surface area contributed by atoms with Gasteiger partial charge in [-0.2, -0.15) is 18.2 Å². The fourth-order valence-electron chi connectivity index (χ4n) is 3.96. The summed E-state index contributed by atoms with van der Waals surface area (Å²) < 4.78 is 39.8. The van der Waals surface area contributed by atoms with Crippen LogP contribution in [0.2, 0.25) is 0 Å². The van der Waals surface area contributed by atoms with Crippen molar-refractivity contribution < 1.29 is 13.2 Å². The number of hydrogen-bond donors (Lipinski definition) is 2. The highest BCUT2D eigenvalue weighted by Gasteiger charge is 2.30. The summed E-state index contributed by atoms with van der Waals surface area (Å²) in [6.45, 7) is 2.70. The van der Waals surface area contributed by atoms with Crippen LogP contribution in [0.5, 0.6) is 0 Å². The SMILES string of the molecule is CCCn1c(NCc2ccc(C(F)(F)F)cc2)nc2nc(C3CCCC3)[nH]c2c1=O. The van der Waals surface area contributed by atoms with Gasteiger partial charge in [0.1, 0.15) is 5.82 Å². The molecule has 160 valence electrons. The minimum atomic E-state index is -4.36. The average molecular weight is 419 g/mol. The van der Waals surface area contributed by atoms with Crippen molar-refractivity contribution in [2.24, 2.45) is 0 Å². The summed E-state index contributed by atoms with van der Waals surface area (Å²) >= 11 is 0. The highest BCUT2D eigenvalue weighted by atomic mass is 19.4. The van der Waals surface area contributed by atoms with E-state index in [1.165, 1.54) is 12.1 Å². The monoisotopic (exact) mass is 419 g/mol. The van der Waals surface area contributed by atoms with E-state index in [-0.39, 0.29) is 12.1 Å². The number of benzene rings is 1. The molecule has 2 aromatic heterocycles. The summed E-state index contributed by atoms with van der Waals surface area (Å²) in [5, 5.41) is 3.10. The van der Waals surface area contributed by atoms with Gasteiger partial charge in [-0.05, 0) is 37.0 Å². The zero-order valence-electron chi connectivity index (χ0n) is 16.7. The van der Waals surface area contributed by atoms with E-state index in [2.05, 4.69) is 20.3 Å². The first kappa shape index (κ1) is 20.4. The lowest BCUT2D eigenvalue weighted by Crippen LogP contribution is -2.25. The fraction of sp³-hybridized carbons (Fsp3) is 0.476. The molecule has 0 atom stereocenters. The third-order valence-corrected chi connectivity index (χ3v) is 5.55. The molecule has 1 aromatic carbocycles. The van der Waals surface area contributed by atoms with Crippen LogP contribution in [0.1, 0.15) is 61.9 Å². The number of fused-ring (bicyclic) bond motifs is 1. The Bertz CT molecular complexity index is 1080. The van der Waals surface area contributed by atoms with E-state index in [4.69, 9.17) is 0 Å². The van der Waals surface area contributed by atoms with Crippen molar-refractivity contribution in [1.29, 1.82) is 0 Å². The molecule has 30 heavy (non-hydrogen) atoms. The minimum Gasteiger partial charge on any atom is -0.351 e. The van der Waals surface area contributed by atoms with Gasteiger partial charge in [-0.25, -0.2) is 4.98 Å². The van der Waals surface area contributed by atoms with E-state index in [9.17, 15) is 18.0 Å². The second-order valence-electron chi connectivity index (χ2n) is 7.74. The molecular weight excluding hydrogens is 395 g/mol. The Morgan fingerprint density at radius 2 is 1.87 bits per heavy atom. The average Bonchev–Trinajstić information content (AvgIpc) is 3.38. The quantitative estimate of drug-likeness (QED) is 0.601. The number of halogens is 3. The molecule has 1 fully saturated rings. The normalized spacial score (nSPS) is 15.2. The lowest BCUT2D eigenvalue weighted by atomic mass is 10.1. The second-order valence-corrected chi connectivity index (χ2v) is 7.74. The van der Waals surface area contributed by atoms with Gasteiger partial charge in [-0.15, -0.1) is 0 Å². The standard InChI is InChI=1S/C21H24F3N5O/c1-2-11-29-19(30)16-18(27-17(26-16)14-5-3-4-6-14)28-20(29)25-12-13-7-9-15(10-8-13)21(22,23)24/h7-10,14H,2-6,11-12H2,1H3,(H,25,28)(H,26,27). The van der Waals surface area contributed by atoms with Crippen LogP contribution in [0.25, 0.3) is 11.2 Å². The fourth-order valence-corrected chi connectivity index (χ4v) is 3.96. The van der Waals surface area contributed by atoms with Gasteiger partial charge in [-0.3, -0.25) is 9.36 Å². The molecule has 9 heteroatoms. The highest BCUT2D eigenvalue weighted by molar-refractivity contribution is 5.71. The summed E-state index contributed by atoms with van der Waals surface area (Å²) in [7, 11) is 0. The lowest BCUT2D eigenvalue weighted by molar-refractivity contribution is -0.137. The Kier molecular flexibility index (Phi) is 5.53. The Hall–Kier alpha value is -2.84. The molecule has 3 aromatic rings. The maximum atomic E-state index is 13.0. The summed E-state index contributed by atoms with van der Waals surface area (Å²) in [6, 6.07) is 4.94. The van der Waals surface area contributed by atoms with Crippen molar-refractivity contribution in [2.75, 3.05) is 5.32 Å². The Labute approximate surface area is 171 Å². The van der Waals surface area contributed by atoms with Crippen LogP contribution in [-0.2, 0) is 19.3 Å². The van der Waals surface area contributed by atoms with Gasteiger partial charge >= 0.3 is 6.18 Å². The van der Waals surface area contributed by atoms with Crippen molar-refractivity contribution in [3.63, 3.8) is 0 Å². The van der Waals surface area contributed by atoms with Gasteiger partial charge in [0.25, 0.3) is 5.56 Å². The number of anilines is 1. The van der Waals surface area contributed by atoms with Crippen LogP contribution in [0.4, 0.5) is 19.1 Å². The first-order valence-corrected chi connectivity index (χ1v) is 10.3. The van der Waals surface area contributed by atoms with Crippen LogP contribution >= 0.6 is 0 Å². The number of aromatic nitrogens is 4. The van der Waals surface area contributed by atoms with Crippen molar-refractivity contribution in [3.05, 3.63) is 51.6 Å². The summed E-state index contributed by atoms with van der Waals surface area (Å²) in [4.78, 5) is 25.3. The lowest BCUT2D eigenvalue weighted by Gasteiger charge is -2.13. The number of aromatic amines is 1. The van der Waals surface area contributed by atoms with Crippen molar-refractivity contribution in [2.45, 2.75) is 64.2 Å². The number of imidazole rings is 1. The molecule has 2 heterocycles. The van der Waals surface area contributed by atoms with Crippen LogP contribution in [0.15, 0.2) is 29.1 Å². The maximum absolute atomic E-state index is 13.0. The maximum Gasteiger partial charge on any atom is 0.416 e. The summed E-state index contributed by atoms with van der Waals surface area (Å²) in [5.41, 5.74) is 0.571. The van der Waals surface area contributed by atoms with E-state index in [1.807, 2.05) is 6.92 Å². The van der Waals surface area contributed by atoms with Crippen LogP contribution < -0.4 is 10.9 Å². The molecule has 0 amide bonds. The first-order chi connectivity index (χ1) is 14.4. The van der Waals surface area contributed by atoms with Gasteiger partial charge < -0.3 is 10.3 Å². The zero-order chi connectivity index (χ0) is 21.3. The molecule has 6 nitrogen and oxygen atoms in total. The van der Waals surface area contributed by atoms with Crippen molar-refractivity contribution in [1.82, 2.24) is 19.5 Å². The number of nitrogens with one attached hydrogen (secondary N) is 2. The Morgan fingerprint density at radius 1 is 1.17 bits per heavy atom. The molecule has 0 unspecified atom stereocenters. The predicted molar refractivity (Wildman–Crippen MR) is 108 cm³/mol. The largest absolute Gasteiger partial charge is 0.416 e. The van der Waals surface area contributed by atoms with Gasteiger partial charge in [0.05, 0.1) is 5.56 Å². The number of rotatable bonds is 6. The van der Waals surface area contributed by atoms with E-state index >= 15 is 0 Å². The number of alkyl halides is 3. The van der Waals surface area contributed by atoms with Gasteiger partial charge in [0.15, 0.2) is 11.2 Å². The van der Waals surface area contributed by atoms with Crippen LogP contribution in [0, 0.1) is 0 Å². The molecular formula is C21H24F3N5O. The van der Waals surface area contributed by atoms with Gasteiger partial charge in [0, 0.05) is 19.0 Å². The summed E-state index contributed by atoms with van der Waals surface area (Å²) in [5.74, 6) is 1.52. The van der Waals surface area contributed by atoms with E-state index in [0.29, 0.717) is 35.1 Å². The minimum absolute atomic E-state index is 0.187. The molecule has 1 aliphatic rings. The Morgan fingerprint density at radius 3 is 2.50 bits per heavy atom. The molecule has 0 bridgehead atoms. The van der Waals surface area contributed by atoms with Crippen LogP contribution in [0.3, 0.4) is 0 Å². The third kappa shape index (κ3) is 4.06. The summed E-state index contributed by atoms with van der Waals surface area (Å²) in [6.07, 6.45) is 0.817. The predicted octanol–water partition coefficient (Wildman–Crippen LogP) is 4.82. The van der Waals surface area contributed by atoms with Crippen molar-refractivity contribution >= 4 is 17.1 Å². The van der Waals surface area contributed by atoms with Gasteiger partial charge in [0.2, 0.25) is 5.95 Å². The third-order valence-electron chi connectivity index (χ3n) is 5.55. The molecule has 1 saturated carbocycles. The molecule has 1 aliphatic carbocycles. The van der Waals surface area contributed by atoms with E-state index < -0.39 is 11.7 Å². The highest BCUT2D eigenvalue weighted by Crippen LogP contribution is 2.33.